The maximum absolute atomic E-state index is 11.8. The first kappa shape index (κ1) is 12.1. The molecule has 5 heteroatoms. The van der Waals surface area contributed by atoms with Crippen molar-refractivity contribution in [3.63, 3.8) is 0 Å². The number of piperidine rings is 1. The normalized spacial score (nSPS) is 20.2. The molecule has 1 fully saturated rings. The number of nitrogens with zero attached hydrogens (tertiary/aromatic N) is 2. The highest BCUT2D eigenvalue weighted by atomic mass is 16.2. The van der Waals surface area contributed by atoms with E-state index in [4.69, 9.17) is 0 Å². The molecule has 1 aromatic heterocycles. The molecule has 1 amide bonds. The first-order valence-electron chi connectivity index (χ1n) is 6.23. The van der Waals surface area contributed by atoms with Crippen LogP contribution in [0.1, 0.15) is 29.9 Å². The maximum Gasteiger partial charge on any atom is 0.287 e. The Bertz CT molecular complexity index is 368. The second kappa shape index (κ2) is 5.82. The van der Waals surface area contributed by atoms with Gasteiger partial charge < -0.3 is 15.2 Å². The van der Waals surface area contributed by atoms with Crippen molar-refractivity contribution >= 4 is 5.91 Å². The number of aromatic nitrogens is 2. The Kier molecular flexibility index (Phi) is 4.14. The Morgan fingerprint density at radius 1 is 1.71 bits per heavy atom. The maximum atomic E-state index is 11.8. The Hall–Kier alpha value is -1.36. The molecule has 0 aliphatic carbocycles. The molecular weight excluding hydrogens is 216 g/mol. The molecule has 1 aliphatic heterocycles. The lowest BCUT2D eigenvalue weighted by atomic mass is 9.96. The minimum absolute atomic E-state index is 0.0822. The van der Waals surface area contributed by atoms with E-state index in [1.165, 1.54) is 12.8 Å². The van der Waals surface area contributed by atoms with E-state index in [0.29, 0.717) is 11.7 Å². The van der Waals surface area contributed by atoms with Crippen molar-refractivity contribution in [3.8, 4) is 0 Å². The van der Waals surface area contributed by atoms with Crippen molar-refractivity contribution < 1.29 is 4.79 Å². The highest BCUT2D eigenvalue weighted by molar-refractivity contribution is 5.90. The zero-order valence-corrected chi connectivity index (χ0v) is 10.3. The summed E-state index contributed by atoms with van der Waals surface area (Å²) in [5.74, 6) is 1.10. The topological polar surface area (TPSA) is 59.0 Å². The van der Waals surface area contributed by atoms with Crippen molar-refractivity contribution in [2.24, 2.45) is 13.0 Å². The fourth-order valence-electron chi connectivity index (χ4n) is 2.22. The summed E-state index contributed by atoms with van der Waals surface area (Å²) in [4.78, 5) is 15.8. The molecular formula is C12H20N4O. The minimum Gasteiger partial charge on any atom is -0.349 e. The lowest BCUT2D eigenvalue weighted by Crippen LogP contribution is -2.33. The van der Waals surface area contributed by atoms with Gasteiger partial charge in [-0.05, 0) is 38.3 Å². The molecule has 1 unspecified atom stereocenters. The second-order valence-electron chi connectivity index (χ2n) is 4.62. The number of aryl methyl sites for hydroxylation is 1. The van der Waals surface area contributed by atoms with Gasteiger partial charge in [-0.1, -0.05) is 0 Å². The SMILES string of the molecule is Cn1ccnc1C(=O)NCCC1CCCNC1. The number of nitrogens with one attached hydrogen (secondary N) is 2. The zero-order valence-electron chi connectivity index (χ0n) is 10.3. The third-order valence-electron chi connectivity index (χ3n) is 3.26. The van der Waals surface area contributed by atoms with Crippen LogP contribution in [0.15, 0.2) is 12.4 Å². The van der Waals surface area contributed by atoms with Gasteiger partial charge in [0.1, 0.15) is 0 Å². The Labute approximate surface area is 102 Å². The van der Waals surface area contributed by atoms with Gasteiger partial charge in [-0.3, -0.25) is 4.79 Å². The summed E-state index contributed by atoms with van der Waals surface area (Å²) in [7, 11) is 1.83. The van der Waals surface area contributed by atoms with Gasteiger partial charge in [0.25, 0.3) is 5.91 Å². The molecule has 94 valence electrons. The number of rotatable bonds is 4. The Morgan fingerprint density at radius 3 is 3.24 bits per heavy atom. The molecule has 1 aromatic rings. The summed E-state index contributed by atoms with van der Waals surface area (Å²) in [6, 6.07) is 0. The lowest BCUT2D eigenvalue weighted by Gasteiger charge is -2.22. The first-order chi connectivity index (χ1) is 8.27. The molecule has 2 heterocycles. The largest absolute Gasteiger partial charge is 0.349 e. The number of imidazole rings is 1. The van der Waals surface area contributed by atoms with Crippen molar-refractivity contribution in [2.75, 3.05) is 19.6 Å². The molecule has 2 rings (SSSR count). The quantitative estimate of drug-likeness (QED) is 0.802. The van der Waals surface area contributed by atoms with E-state index in [-0.39, 0.29) is 5.91 Å². The fourth-order valence-corrected chi connectivity index (χ4v) is 2.22. The number of amides is 1. The van der Waals surface area contributed by atoms with Crippen molar-refractivity contribution in [3.05, 3.63) is 18.2 Å². The molecule has 1 saturated heterocycles. The van der Waals surface area contributed by atoms with E-state index >= 15 is 0 Å². The summed E-state index contributed by atoms with van der Waals surface area (Å²) >= 11 is 0. The van der Waals surface area contributed by atoms with Gasteiger partial charge in [-0.15, -0.1) is 0 Å². The van der Waals surface area contributed by atoms with E-state index in [2.05, 4.69) is 15.6 Å². The first-order valence-corrected chi connectivity index (χ1v) is 6.23. The van der Waals surface area contributed by atoms with Crippen molar-refractivity contribution in [2.45, 2.75) is 19.3 Å². The number of carbonyl (C=O) groups excluding carboxylic acids is 1. The van der Waals surface area contributed by atoms with Gasteiger partial charge in [0.2, 0.25) is 0 Å². The van der Waals surface area contributed by atoms with Crippen LogP contribution in [0.3, 0.4) is 0 Å². The predicted octanol–water partition coefficient (Wildman–Crippen LogP) is 0.540. The zero-order chi connectivity index (χ0) is 12.1. The average molecular weight is 236 g/mol. The number of hydrogen-bond acceptors (Lipinski definition) is 3. The van der Waals surface area contributed by atoms with Crippen LogP contribution in [0.2, 0.25) is 0 Å². The van der Waals surface area contributed by atoms with Crippen molar-refractivity contribution in [1.82, 2.24) is 20.2 Å². The fraction of sp³-hybridized carbons (Fsp3) is 0.667. The Balaban J connectivity index is 1.71. The summed E-state index contributed by atoms with van der Waals surface area (Å²) in [6.45, 7) is 2.95. The molecule has 0 saturated carbocycles. The average Bonchev–Trinajstić information content (AvgIpc) is 2.77. The molecule has 0 bridgehead atoms. The van der Waals surface area contributed by atoms with E-state index < -0.39 is 0 Å². The molecule has 0 radical (unpaired) electrons. The van der Waals surface area contributed by atoms with Crippen LogP contribution >= 0.6 is 0 Å². The molecule has 17 heavy (non-hydrogen) atoms. The summed E-state index contributed by atoms with van der Waals surface area (Å²) in [5.41, 5.74) is 0. The van der Waals surface area contributed by atoms with E-state index in [0.717, 1.165) is 26.1 Å². The highest BCUT2D eigenvalue weighted by Gasteiger charge is 2.14. The lowest BCUT2D eigenvalue weighted by molar-refractivity contribution is 0.0937. The van der Waals surface area contributed by atoms with Crippen LogP contribution in [0.25, 0.3) is 0 Å². The minimum atomic E-state index is -0.0822. The van der Waals surface area contributed by atoms with Crippen LogP contribution in [-0.2, 0) is 7.05 Å². The molecule has 1 aliphatic rings. The monoisotopic (exact) mass is 236 g/mol. The smallest absolute Gasteiger partial charge is 0.287 e. The van der Waals surface area contributed by atoms with Crippen LogP contribution in [0.5, 0.6) is 0 Å². The Morgan fingerprint density at radius 2 is 2.59 bits per heavy atom. The van der Waals surface area contributed by atoms with Gasteiger partial charge in [0.05, 0.1) is 0 Å². The highest BCUT2D eigenvalue weighted by Crippen LogP contribution is 2.12. The molecule has 0 aromatic carbocycles. The van der Waals surface area contributed by atoms with E-state index in [1.54, 1.807) is 17.0 Å². The van der Waals surface area contributed by atoms with E-state index in [1.807, 2.05) is 7.05 Å². The third-order valence-corrected chi connectivity index (χ3v) is 3.26. The van der Waals surface area contributed by atoms with Gasteiger partial charge in [0, 0.05) is 26.0 Å². The number of hydrogen-bond donors (Lipinski definition) is 2. The van der Waals surface area contributed by atoms with E-state index in [9.17, 15) is 4.79 Å². The van der Waals surface area contributed by atoms with Crippen LogP contribution in [0.4, 0.5) is 0 Å². The van der Waals surface area contributed by atoms with Gasteiger partial charge in [-0.2, -0.15) is 0 Å². The van der Waals surface area contributed by atoms with Gasteiger partial charge >= 0.3 is 0 Å². The summed E-state index contributed by atoms with van der Waals surface area (Å²) in [5, 5.41) is 6.30. The standard InChI is InChI=1S/C12H20N4O/c1-16-8-7-14-11(16)12(17)15-6-4-10-3-2-5-13-9-10/h7-8,10,13H,2-6,9H2,1H3,(H,15,17). The van der Waals surface area contributed by atoms with Crippen molar-refractivity contribution in [1.29, 1.82) is 0 Å². The van der Waals surface area contributed by atoms with Gasteiger partial charge in [-0.25, -0.2) is 4.98 Å². The van der Waals surface area contributed by atoms with Crippen LogP contribution < -0.4 is 10.6 Å². The summed E-state index contributed by atoms with van der Waals surface area (Å²) in [6.07, 6.45) is 6.98. The molecule has 2 N–H and O–H groups in total. The summed E-state index contributed by atoms with van der Waals surface area (Å²) < 4.78 is 1.73. The van der Waals surface area contributed by atoms with Crippen LogP contribution in [0, 0.1) is 5.92 Å². The molecule has 5 nitrogen and oxygen atoms in total. The third kappa shape index (κ3) is 3.30. The second-order valence-corrected chi connectivity index (χ2v) is 4.62. The molecule has 0 spiro atoms. The van der Waals surface area contributed by atoms with Gasteiger partial charge in [0.15, 0.2) is 5.82 Å². The van der Waals surface area contributed by atoms with Crippen LogP contribution in [-0.4, -0.2) is 35.1 Å². The number of carbonyl (C=O) groups is 1. The molecule has 1 atom stereocenters. The predicted molar refractivity (Wildman–Crippen MR) is 65.8 cm³/mol.